The molecule has 3 aromatic rings. The van der Waals surface area contributed by atoms with Crippen LogP contribution in [0.3, 0.4) is 0 Å². The Labute approximate surface area is 179 Å². The van der Waals surface area contributed by atoms with Crippen molar-refractivity contribution in [2.75, 3.05) is 11.9 Å². The second kappa shape index (κ2) is 8.84. The summed E-state index contributed by atoms with van der Waals surface area (Å²) in [6, 6.07) is 21.9. The van der Waals surface area contributed by atoms with Crippen LogP contribution in [-0.4, -0.2) is 18.4 Å². The molecule has 1 aliphatic rings. The third kappa shape index (κ3) is 4.70. The quantitative estimate of drug-likeness (QED) is 0.591. The molecule has 0 unspecified atom stereocenters. The fourth-order valence-corrected chi connectivity index (χ4v) is 3.20. The Bertz CT molecular complexity index is 1110. The Hall–Kier alpha value is -3.57. The zero-order valence-electron chi connectivity index (χ0n) is 16.0. The van der Waals surface area contributed by atoms with Crippen LogP contribution in [0.1, 0.15) is 21.5 Å². The third-order valence-electron chi connectivity index (χ3n) is 4.64. The lowest BCUT2D eigenvalue weighted by molar-refractivity contribution is -0.115. The number of benzene rings is 3. The maximum atomic E-state index is 12.5. The van der Waals surface area contributed by atoms with Gasteiger partial charge in [-0.1, -0.05) is 54.1 Å². The molecular weight excluding hydrogens is 400 g/mol. The van der Waals surface area contributed by atoms with Crippen LogP contribution in [0.25, 0.3) is 6.08 Å². The molecule has 30 heavy (non-hydrogen) atoms. The molecule has 5 nitrogen and oxygen atoms in total. The molecule has 1 aliphatic heterocycles. The zero-order chi connectivity index (χ0) is 20.9. The molecule has 0 saturated carbocycles. The molecule has 150 valence electrons. The third-order valence-corrected chi connectivity index (χ3v) is 4.90. The first-order valence-corrected chi connectivity index (χ1v) is 9.89. The highest BCUT2D eigenvalue weighted by molar-refractivity contribution is 6.30. The monoisotopic (exact) mass is 418 g/mol. The molecule has 3 aromatic carbocycles. The average molecular weight is 419 g/mol. The van der Waals surface area contributed by atoms with Gasteiger partial charge in [0.25, 0.3) is 11.8 Å². The van der Waals surface area contributed by atoms with Crippen molar-refractivity contribution in [3.63, 3.8) is 0 Å². The number of hydrogen-bond donors (Lipinski definition) is 2. The van der Waals surface area contributed by atoms with Gasteiger partial charge in [0.2, 0.25) is 0 Å². The van der Waals surface area contributed by atoms with Crippen molar-refractivity contribution in [1.29, 1.82) is 0 Å². The van der Waals surface area contributed by atoms with E-state index >= 15 is 0 Å². The van der Waals surface area contributed by atoms with Gasteiger partial charge < -0.3 is 15.4 Å². The van der Waals surface area contributed by atoms with E-state index in [0.717, 1.165) is 11.1 Å². The summed E-state index contributed by atoms with van der Waals surface area (Å²) in [6.45, 7) is 0.490. The molecule has 4 rings (SSSR count). The highest BCUT2D eigenvalue weighted by atomic mass is 35.5. The first-order chi connectivity index (χ1) is 14.6. The molecule has 0 atom stereocenters. The minimum Gasteiger partial charge on any atom is -0.449 e. The van der Waals surface area contributed by atoms with Gasteiger partial charge in [0.15, 0.2) is 11.5 Å². The van der Waals surface area contributed by atoms with Crippen molar-refractivity contribution in [1.82, 2.24) is 5.32 Å². The van der Waals surface area contributed by atoms with Crippen molar-refractivity contribution < 1.29 is 14.3 Å². The minimum atomic E-state index is -0.355. The van der Waals surface area contributed by atoms with Crippen molar-refractivity contribution in [2.45, 2.75) is 6.42 Å². The summed E-state index contributed by atoms with van der Waals surface area (Å²) in [5.74, 6) is 0.127. The standard InChI is InChI=1S/C24H19ClN2O3/c25-19-9-6-16(7-10-19)12-13-26-23(28)18-8-11-21-20(15-18)27-24(29)22(30-21)14-17-4-2-1-3-5-17/h1-11,14-15H,12-13H2,(H,26,28)(H,27,29)/b22-14+. The maximum absolute atomic E-state index is 12.5. The van der Waals surface area contributed by atoms with Gasteiger partial charge in [-0.2, -0.15) is 0 Å². The Kier molecular flexibility index (Phi) is 5.82. The fourth-order valence-electron chi connectivity index (χ4n) is 3.08. The van der Waals surface area contributed by atoms with E-state index < -0.39 is 0 Å². The molecule has 0 bridgehead atoms. The SMILES string of the molecule is O=C1Nc2cc(C(=O)NCCc3ccc(Cl)cc3)ccc2O/C1=C/c1ccccc1. The zero-order valence-corrected chi connectivity index (χ0v) is 16.8. The van der Waals surface area contributed by atoms with E-state index in [1.54, 1.807) is 24.3 Å². The largest absolute Gasteiger partial charge is 0.449 e. The van der Waals surface area contributed by atoms with Gasteiger partial charge in [0, 0.05) is 17.1 Å². The number of carbonyl (C=O) groups excluding carboxylic acids is 2. The Morgan fingerprint density at radius 2 is 1.80 bits per heavy atom. The second-order valence-electron chi connectivity index (χ2n) is 6.82. The summed E-state index contributed by atoms with van der Waals surface area (Å²) in [5.41, 5.74) is 2.87. The van der Waals surface area contributed by atoms with Crippen molar-refractivity contribution in [2.24, 2.45) is 0 Å². The number of carbonyl (C=O) groups is 2. The maximum Gasteiger partial charge on any atom is 0.291 e. The lowest BCUT2D eigenvalue weighted by Gasteiger charge is -2.20. The Morgan fingerprint density at radius 1 is 1.03 bits per heavy atom. The molecule has 2 N–H and O–H groups in total. The van der Waals surface area contributed by atoms with E-state index in [1.807, 2.05) is 54.6 Å². The fraction of sp³-hybridized carbons (Fsp3) is 0.0833. The molecule has 0 aromatic heterocycles. The predicted molar refractivity (Wildman–Crippen MR) is 118 cm³/mol. The van der Waals surface area contributed by atoms with Gasteiger partial charge in [-0.25, -0.2) is 0 Å². The average Bonchev–Trinajstić information content (AvgIpc) is 2.76. The van der Waals surface area contributed by atoms with Crippen LogP contribution in [0.15, 0.2) is 78.6 Å². The van der Waals surface area contributed by atoms with Gasteiger partial charge in [-0.15, -0.1) is 0 Å². The number of ether oxygens (including phenoxy) is 1. The number of fused-ring (bicyclic) bond motifs is 1. The van der Waals surface area contributed by atoms with Gasteiger partial charge in [-0.05, 0) is 54.0 Å². The number of halogens is 1. The number of amides is 2. The molecule has 0 aliphatic carbocycles. The smallest absolute Gasteiger partial charge is 0.291 e. The molecule has 1 heterocycles. The minimum absolute atomic E-state index is 0.203. The summed E-state index contributed by atoms with van der Waals surface area (Å²) in [6.07, 6.45) is 2.37. The first-order valence-electron chi connectivity index (χ1n) is 9.51. The normalized spacial score (nSPS) is 13.9. The van der Waals surface area contributed by atoms with Crippen molar-refractivity contribution >= 4 is 35.2 Å². The van der Waals surface area contributed by atoms with E-state index in [9.17, 15) is 9.59 Å². The van der Waals surface area contributed by atoms with E-state index in [4.69, 9.17) is 16.3 Å². The molecule has 2 amide bonds. The summed E-state index contributed by atoms with van der Waals surface area (Å²) in [4.78, 5) is 24.8. The molecule has 0 spiro atoms. The van der Waals surface area contributed by atoms with E-state index in [1.165, 1.54) is 0 Å². The lowest BCUT2D eigenvalue weighted by Crippen LogP contribution is -2.27. The second-order valence-corrected chi connectivity index (χ2v) is 7.26. The summed E-state index contributed by atoms with van der Waals surface area (Å²) in [7, 11) is 0. The number of rotatable bonds is 5. The molecule has 0 saturated heterocycles. The van der Waals surface area contributed by atoms with Crippen LogP contribution >= 0.6 is 11.6 Å². The summed E-state index contributed by atoms with van der Waals surface area (Å²) < 4.78 is 5.74. The van der Waals surface area contributed by atoms with Crippen LogP contribution in [0.4, 0.5) is 5.69 Å². The Balaban J connectivity index is 1.41. The topological polar surface area (TPSA) is 67.4 Å². The van der Waals surface area contributed by atoms with Crippen molar-refractivity contribution in [3.05, 3.63) is 100 Å². The highest BCUT2D eigenvalue weighted by Crippen LogP contribution is 2.32. The molecular formula is C24H19ClN2O3. The van der Waals surface area contributed by atoms with E-state index in [0.29, 0.717) is 35.0 Å². The van der Waals surface area contributed by atoms with Crippen LogP contribution in [0.5, 0.6) is 5.75 Å². The van der Waals surface area contributed by atoms with Gasteiger partial charge in [0.05, 0.1) is 5.69 Å². The van der Waals surface area contributed by atoms with Crippen LogP contribution < -0.4 is 15.4 Å². The lowest BCUT2D eigenvalue weighted by atomic mass is 10.1. The Morgan fingerprint density at radius 3 is 2.57 bits per heavy atom. The van der Waals surface area contributed by atoms with Gasteiger partial charge in [0.1, 0.15) is 0 Å². The summed E-state index contributed by atoms with van der Waals surface area (Å²) >= 11 is 5.88. The predicted octanol–water partition coefficient (Wildman–Crippen LogP) is 4.68. The molecule has 0 radical (unpaired) electrons. The van der Waals surface area contributed by atoms with E-state index in [2.05, 4.69) is 10.6 Å². The number of anilines is 1. The first kappa shape index (κ1) is 19.7. The van der Waals surface area contributed by atoms with Gasteiger partial charge in [-0.3, -0.25) is 9.59 Å². The van der Waals surface area contributed by atoms with Gasteiger partial charge >= 0.3 is 0 Å². The van der Waals surface area contributed by atoms with E-state index in [-0.39, 0.29) is 17.6 Å². The summed E-state index contributed by atoms with van der Waals surface area (Å²) in [5, 5.41) is 6.36. The molecule has 6 heteroatoms. The molecule has 0 fully saturated rings. The van der Waals surface area contributed by atoms with Crippen molar-refractivity contribution in [3.8, 4) is 5.75 Å². The highest BCUT2D eigenvalue weighted by Gasteiger charge is 2.23. The van der Waals surface area contributed by atoms with Crippen LogP contribution in [0.2, 0.25) is 5.02 Å². The number of nitrogens with one attached hydrogen (secondary N) is 2. The van der Waals surface area contributed by atoms with Crippen LogP contribution in [-0.2, 0) is 11.2 Å². The number of hydrogen-bond acceptors (Lipinski definition) is 3. The van der Waals surface area contributed by atoms with Crippen LogP contribution in [0, 0.1) is 0 Å².